The van der Waals surface area contributed by atoms with Gasteiger partial charge in [-0.2, -0.15) is 0 Å². The first kappa shape index (κ1) is 17.2. The van der Waals surface area contributed by atoms with E-state index < -0.39 is 10.0 Å². The van der Waals surface area contributed by atoms with Gasteiger partial charge in [-0.15, -0.1) is 0 Å². The fourth-order valence-electron chi connectivity index (χ4n) is 3.46. The summed E-state index contributed by atoms with van der Waals surface area (Å²) >= 11 is 0. The second-order valence-electron chi connectivity index (χ2n) is 6.70. The number of hydrogen-bond donors (Lipinski definition) is 2. The van der Waals surface area contributed by atoms with Crippen LogP contribution in [0.5, 0.6) is 0 Å². The summed E-state index contributed by atoms with van der Waals surface area (Å²) in [5.41, 5.74) is 7.11. The lowest BCUT2D eigenvalue weighted by molar-refractivity contribution is 0.361. The van der Waals surface area contributed by atoms with Crippen molar-refractivity contribution in [1.82, 2.24) is 4.72 Å². The van der Waals surface area contributed by atoms with Crippen LogP contribution in [0.1, 0.15) is 25.7 Å². The summed E-state index contributed by atoms with van der Waals surface area (Å²) in [6, 6.07) is 10.9. The second-order valence-corrected chi connectivity index (χ2v) is 8.38. The molecule has 2 aromatic carbocycles. The number of nitrogens with two attached hydrogens (primary N) is 1. The van der Waals surface area contributed by atoms with E-state index in [4.69, 9.17) is 5.73 Å². The van der Waals surface area contributed by atoms with Gasteiger partial charge in [0.05, 0.1) is 4.90 Å². The molecule has 24 heavy (non-hydrogen) atoms. The molecule has 6 heteroatoms. The minimum atomic E-state index is -3.61. The molecule has 0 unspecified atom stereocenters. The molecule has 0 radical (unpaired) electrons. The molecule has 3 N–H and O–H groups in total. The van der Waals surface area contributed by atoms with Crippen LogP contribution in [0.2, 0.25) is 0 Å². The molecular formula is C18H25N3O2S. The molecule has 0 aliphatic heterocycles. The van der Waals surface area contributed by atoms with Crippen molar-refractivity contribution in [2.24, 2.45) is 5.73 Å². The number of fused-ring (bicyclic) bond motifs is 1. The normalized spacial score (nSPS) is 21.8. The van der Waals surface area contributed by atoms with Crippen LogP contribution in [-0.2, 0) is 10.0 Å². The Morgan fingerprint density at radius 2 is 1.71 bits per heavy atom. The zero-order chi connectivity index (χ0) is 17.3. The van der Waals surface area contributed by atoms with Gasteiger partial charge >= 0.3 is 0 Å². The highest BCUT2D eigenvalue weighted by Crippen LogP contribution is 2.30. The predicted octanol–water partition coefficient (Wildman–Crippen LogP) is 2.45. The monoisotopic (exact) mass is 347 g/mol. The summed E-state index contributed by atoms with van der Waals surface area (Å²) in [6.07, 6.45) is 3.75. The molecular weight excluding hydrogens is 322 g/mol. The lowest BCUT2D eigenvalue weighted by Crippen LogP contribution is -2.49. The Hall–Kier alpha value is -1.63. The molecule has 130 valence electrons. The van der Waals surface area contributed by atoms with Gasteiger partial charge in [0.1, 0.15) is 0 Å². The summed E-state index contributed by atoms with van der Waals surface area (Å²) in [5.74, 6) is 0. The summed E-state index contributed by atoms with van der Waals surface area (Å²) in [5, 5.41) is 1.67. The summed E-state index contributed by atoms with van der Waals surface area (Å²) in [4.78, 5) is 2.31. The van der Waals surface area contributed by atoms with Crippen molar-refractivity contribution in [3.63, 3.8) is 0 Å². The van der Waals surface area contributed by atoms with Crippen LogP contribution in [0.3, 0.4) is 0 Å². The SMILES string of the molecule is CN(C)c1cccc2c(S(=O)(=O)N[C@@H]3CCCC[C@H]3N)cccc12. The fourth-order valence-corrected chi connectivity index (χ4v) is 5.00. The maximum Gasteiger partial charge on any atom is 0.241 e. The van der Waals surface area contributed by atoms with Crippen molar-refractivity contribution in [2.45, 2.75) is 42.7 Å². The average Bonchev–Trinajstić information content (AvgIpc) is 2.55. The number of nitrogens with zero attached hydrogens (tertiary/aromatic N) is 1. The van der Waals surface area contributed by atoms with Crippen LogP contribution in [0.15, 0.2) is 41.3 Å². The lowest BCUT2D eigenvalue weighted by atomic mass is 9.92. The number of nitrogens with one attached hydrogen (secondary N) is 1. The van der Waals surface area contributed by atoms with Gasteiger partial charge in [0.15, 0.2) is 0 Å². The highest BCUT2D eigenvalue weighted by atomic mass is 32.2. The summed E-state index contributed by atoms with van der Waals surface area (Å²) < 4.78 is 28.8. The van der Waals surface area contributed by atoms with Crippen molar-refractivity contribution < 1.29 is 8.42 Å². The van der Waals surface area contributed by atoms with E-state index >= 15 is 0 Å². The van der Waals surface area contributed by atoms with Crippen molar-refractivity contribution in [2.75, 3.05) is 19.0 Å². The number of benzene rings is 2. The summed E-state index contributed by atoms with van der Waals surface area (Å²) in [7, 11) is 0.297. The predicted molar refractivity (Wildman–Crippen MR) is 98.8 cm³/mol. The lowest BCUT2D eigenvalue weighted by Gasteiger charge is -2.29. The molecule has 2 aromatic rings. The maximum atomic E-state index is 13.0. The molecule has 0 heterocycles. The topological polar surface area (TPSA) is 75.4 Å². The zero-order valence-corrected chi connectivity index (χ0v) is 15.0. The molecule has 0 saturated heterocycles. The minimum absolute atomic E-state index is 0.110. The number of sulfonamides is 1. The zero-order valence-electron chi connectivity index (χ0n) is 14.2. The van der Waals surface area contributed by atoms with Crippen LogP contribution in [0, 0.1) is 0 Å². The fraction of sp³-hybridized carbons (Fsp3) is 0.444. The molecule has 1 aliphatic carbocycles. The number of anilines is 1. The molecule has 0 amide bonds. The van der Waals surface area contributed by atoms with E-state index in [1.807, 2.05) is 43.3 Å². The van der Waals surface area contributed by atoms with Crippen LogP contribution >= 0.6 is 0 Å². The van der Waals surface area contributed by atoms with E-state index in [9.17, 15) is 8.42 Å². The van der Waals surface area contributed by atoms with E-state index in [1.165, 1.54) is 0 Å². The largest absolute Gasteiger partial charge is 0.377 e. The smallest absolute Gasteiger partial charge is 0.241 e. The van der Waals surface area contributed by atoms with E-state index in [2.05, 4.69) is 4.72 Å². The third-order valence-corrected chi connectivity index (χ3v) is 6.30. The van der Waals surface area contributed by atoms with Gasteiger partial charge in [-0.05, 0) is 25.0 Å². The van der Waals surface area contributed by atoms with E-state index in [0.29, 0.717) is 4.90 Å². The van der Waals surface area contributed by atoms with Gasteiger partial charge in [0, 0.05) is 42.6 Å². The second kappa shape index (κ2) is 6.70. The standard InChI is InChI=1S/C18H25N3O2S/c1-21(2)17-11-5-8-14-13(17)7-6-12-18(14)24(22,23)20-16-10-4-3-9-15(16)19/h5-8,11-12,15-16,20H,3-4,9-10,19H2,1-2H3/t15-,16-/m1/s1. The Morgan fingerprint density at radius 1 is 1.04 bits per heavy atom. The van der Waals surface area contributed by atoms with Gasteiger partial charge in [-0.3, -0.25) is 0 Å². The average molecular weight is 347 g/mol. The molecule has 3 rings (SSSR count). The van der Waals surface area contributed by atoms with Crippen LogP contribution < -0.4 is 15.4 Å². The maximum absolute atomic E-state index is 13.0. The molecule has 1 fully saturated rings. The highest BCUT2D eigenvalue weighted by molar-refractivity contribution is 7.89. The van der Waals surface area contributed by atoms with Gasteiger partial charge in [0.2, 0.25) is 10.0 Å². The highest BCUT2D eigenvalue weighted by Gasteiger charge is 2.28. The first-order valence-electron chi connectivity index (χ1n) is 8.37. The van der Waals surface area contributed by atoms with Gasteiger partial charge in [-0.25, -0.2) is 13.1 Å². The van der Waals surface area contributed by atoms with Crippen molar-refractivity contribution in [3.8, 4) is 0 Å². The molecule has 0 aromatic heterocycles. The van der Waals surface area contributed by atoms with Crippen LogP contribution in [0.4, 0.5) is 5.69 Å². The van der Waals surface area contributed by atoms with E-state index in [1.54, 1.807) is 12.1 Å². The number of rotatable bonds is 4. The number of hydrogen-bond acceptors (Lipinski definition) is 4. The quantitative estimate of drug-likeness (QED) is 0.891. The Bertz CT molecular complexity index is 833. The Balaban J connectivity index is 2.03. The Morgan fingerprint density at radius 3 is 2.42 bits per heavy atom. The summed E-state index contributed by atoms with van der Waals surface area (Å²) in [6.45, 7) is 0. The molecule has 5 nitrogen and oxygen atoms in total. The first-order valence-corrected chi connectivity index (χ1v) is 9.85. The van der Waals surface area contributed by atoms with Crippen molar-refractivity contribution >= 4 is 26.5 Å². The van der Waals surface area contributed by atoms with Crippen molar-refractivity contribution in [3.05, 3.63) is 36.4 Å². The molecule has 1 aliphatic rings. The van der Waals surface area contributed by atoms with Crippen molar-refractivity contribution in [1.29, 1.82) is 0 Å². The molecule has 2 atom stereocenters. The Labute approximate surface area is 143 Å². The van der Waals surface area contributed by atoms with E-state index in [0.717, 1.165) is 42.1 Å². The molecule has 0 bridgehead atoms. The van der Waals surface area contributed by atoms with Gasteiger partial charge < -0.3 is 10.6 Å². The molecule has 1 saturated carbocycles. The molecule has 0 spiro atoms. The van der Waals surface area contributed by atoms with Crippen LogP contribution in [0.25, 0.3) is 10.8 Å². The third-order valence-electron chi connectivity index (χ3n) is 4.76. The van der Waals surface area contributed by atoms with E-state index in [-0.39, 0.29) is 12.1 Å². The first-order chi connectivity index (χ1) is 11.4. The Kier molecular flexibility index (Phi) is 4.80. The minimum Gasteiger partial charge on any atom is -0.377 e. The van der Waals surface area contributed by atoms with Crippen LogP contribution in [-0.4, -0.2) is 34.6 Å². The third kappa shape index (κ3) is 3.27. The van der Waals surface area contributed by atoms with Gasteiger partial charge in [-0.1, -0.05) is 37.1 Å². The van der Waals surface area contributed by atoms with Gasteiger partial charge in [0.25, 0.3) is 0 Å².